The molecule has 1 unspecified atom stereocenters. The van der Waals surface area contributed by atoms with Gasteiger partial charge in [0.15, 0.2) is 5.16 Å². The van der Waals surface area contributed by atoms with Crippen molar-refractivity contribution >= 4 is 34.3 Å². The summed E-state index contributed by atoms with van der Waals surface area (Å²) in [6.45, 7) is 0.376. The number of hydrogen-bond donors (Lipinski definition) is 1. The molecule has 2 aromatic heterocycles. The van der Waals surface area contributed by atoms with Crippen LogP contribution >= 0.6 is 11.8 Å². The number of rotatable bonds is 7. The maximum Gasteiger partial charge on any atom is 0.263 e. The Morgan fingerprint density at radius 3 is 2.37 bits per heavy atom. The Morgan fingerprint density at radius 2 is 1.63 bits per heavy atom. The van der Waals surface area contributed by atoms with E-state index in [4.69, 9.17) is 0 Å². The van der Waals surface area contributed by atoms with E-state index in [-0.39, 0.29) is 17.5 Å². The first-order chi connectivity index (χ1) is 17.2. The fraction of sp³-hybridized carbons (Fsp3) is 0.185. The SMILES string of the molecule is O=C(NC1CC1)C(Sc1nnc2n(Cc3ccccc3)c(=O)c3ccccc3n12)c1ccccc1. The summed E-state index contributed by atoms with van der Waals surface area (Å²) in [7, 11) is 0. The van der Waals surface area contributed by atoms with Crippen LogP contribution < -0.4 is 10.9 Å². The van der Waals surface area contributed by atoms with Gasteiger partial charge < -0.3 is 5.32 Å². The zero-order chi connectivity index (χ0) is 23.8. The van der Waals surface area contributed by atoms with Crippen molar-refractivity contribution in [2.24, 2.45) is 0 Å². The van der Waals surface area contributed by atoms with Gasteiger partial charge >= 0.3 is 0 Å². The summed E-state index contributed by atoms with van der Waals surface area (Å²) >= 11 is 1.35. The number of carbonyl (C=O) groups is 1. The van der Waals surface area contributed by atoms with Gasteiger partial charge in [-0.05, 0) is 36.1 Å². The third kappa shape index (κ3) is 4.21. The van der Waals surface area contributed by atoms with Crippen LogP contribution in [0.5, 0.6) is 0 Å². The number of amides is 1. The van der Waals surface area contributed by atoms with Crippen molar-refractivity contribution in [3.05, 3.63) is 106 Å². The quantitative estimate of drug-likeness (QED) is 0.352. The smallest absolute Gasteiger partial charge is 0.263 e. The van der Waals surface area contributed by atoms with Crippen LogP contribution in [0.3, 0.4) is 0 Å². The Labute approximate surface area is 205 Å². The number of carbonyl (C=O) groups excluding carboxylic acids is 1. The lowest BCUT2D eigenvalue weighted by atomic mass is 10.1. The molecule has 0 radical (unpaired) electrons. The van der Waals surface area contributed by atoms with Gasteiger partial charge in [-0.25, -0.2) is 0 Å². The Hall–Kier alpha value is -3.91. The van der Waals surface area contributed by atoms with E-state index in [9.17, 15) is 9.59 Å². The molecule has 1 saturated carbocycles. The van der Waals surface area contributed by atoms with E-state index in [1.54, 1.807) is 4.57 Å². The fourth-order valence-corrected chi connectivity index (χ4v) is 5.28. The minimum Gasteiger partial charge on any atom is -0.352 e. The predicted molar refractivity (Wildman–Crippen MR) is 137 cm³/mol. The Kier molecular flexibility index (Phi) is 5.58. The summed E-state index contributed by atoms with van der Waals surface area (Å²) in [5.41, 5.74) is 2.50. The Bertz CT molecular complexity index is 1580. The van der Waals surface area contributed by atoms with E-state index in [2.05, 4.69) is 15.5 Å². The van der Waals surface area contributed by atoms with Crippen molar-refractivity contribution < 1.29 is 4.79 Å². The molecule has 0 aliphatic heterocycles. The summed E-state index contributed by atoms with van der Waals surface area (Å²) in [5, 5.41) is 12.7. The average molecular weight is 482 g/mol. The molecule has 6 rings (SSSR count). The van der Waals surface area contributed by atoms with E-state index in [1.165, 1.54) is 11.8 Å². The Morgan fingerprint density at radius 1 is 0.943 bits per heavy atom. The molecule has 5 aromatic rings. The van der Waals surface area contributed by atoms with Crippen molar-refractivity contribution in [1.82, 2.24) is 24.5 Å². The van der Waals surface area contributed by atoms with Gasteiger partial charge in [0.25, 0.3) is 5.56 Å². The number of para-hydroxylation sites is 1. The second kappa shape index (κ2) is 9.03. The van der Waals surface area contributed by atoms with Crippen LogP contribution in [0.25, 0.3) is 16.7 Å². The summed E-state index contributed by atoms with van der Waals surface area (Å²) < 4.78 is 3.54. The monoisotopic (exact) mass is 481 g/mol. The summed E-state index contributed by atoms with van der Waals surface area (Å²) in [6, 6.07) is 27.2. The molecule has 7 nitrogen and oxygen atoms in total. The van der Waals surface area contributed by atoms with Crippen LogP contribution in [0.15, 0.2) is 94.9 Å². The molecule has 1 atom stereocenters. The van der Waals surface area contributed by atoms with E-state index < -0.39 is 5.25 Å². The standard InChI is InChI=1S/C27H23N5O2S/c33-24(28-20-15-16-20)23(19-11-5-2-6-12-19)35-27-30-29-26-31(17-18-9-3-1-4-10-18)25(34)21-13-7-8-14-22(21)32(26)27/h1-14,20,23H,15-17H2,(H,28,33). The molecule has 1 aliphatic carbocycles. The number of nitrogens with one attached hydrogen (secondary N) is 1. The molecule has 8 heteroatoms. The third-order valence-electron chi connectivity index (χ3n) is 6.15. The first kappa shape index (κ1) is 21.6. The number of benzene rings is 3. The number of thioether (sulfide) groups is 1. The van der Waals surface area contributed by atoms with Crippen LogP contribution in [-0.4, -0.2) is 31.1 Å². The number of aromatic nitrogens is 4. The molecule has 1 amide bonds. The van der Waals surface area contributed by atoms with Crippen molar-refractivity contribution in [2.75, 3.05) is 0 Å². The van der Waals surface area contributed by atoms with Gasteiger partial charge in [-0.1, -0.05) is 84.6 Å². The summed E-state index contributed by atoms with van der Waals surface area (Å²) in [4.78, 5) is 26.7. The zero-order valence-electron chi connectivity index (χ0n) is 18.9. The minimum atomic E-state index is -0.488. The molecule has 3 aromatic carbocycles. The molecular formula is C27H23N5O2S. The van der Waals surface area contributed by atoms with Crippen molar-refractivity contribution in [3.63, 3.8) is 0 Å². The maximum absolute atomic E-state index is 13.4. The second-order valence-electron chi connectivity index (χ2n) is 8.70. The molecule has 35 heavy (non-hydrogen) atoms. The summed E-state index contributed by atoms with van der Waals surface area (Å²) in [6.07, 6.45) is 2.03. The molecular weight excluding hydrogens is 458 g/mol. The van der Waals surface area contributed by atoms with Crippen molar-refractivity contribution in [3.8, 4) is 0 Å². The van der Waals surface area contributed by atoms with Crippen LogP contribution in [-0.2, 0) is 11.3 Å². The average Bonchev–Trinajstić information content (AvgIpc) is 3.62. The van der Waals surface area contributed by atoms with Gasteiger partial charge in [0.2, 0.25) is 11.7 Å². The van der Waals surface area contributed by atoms with Crippen LogP contribution in [0, 0.1) is 0 Å². The summed E-state index contributed by atoms with van der Waals surface area (Å²) in [5.74, 6) is 0.414. The largest absolute Gasteiger partial charge is 0.352 e. The minimum absolute atomic E-state index is 0.0395. The van der Waals surface area contributed by atoms with Gasteiger partial charge in [0.05, 0.1) is 17.4 Å². The first-order valence-corrected chi connectivity index (χ1v) is 12.5. The van der Waals surface area contributed by atoms with E-state index in [0.29, 0.717) is 22.9 Å². The van der Waals surface area contributed by atoms with Crippen LogP contribution in [0.1, 0.15) is 29.2 Å². The first-order valence-electron chi connectivity index (χ1n) is 11.6. The second-order valence-corrected chi connectivity index (χ2v) is 9.78. The highest BCUT2D eigenvalue weighted by molar-refractivity contribution is 8.00. The molecule has 2 heterocycles. The maximum atomic E-state index is 13.4. The number of nitrogens with zero attached hydrogens (tertiary/aromatic N) is 4. The van der Waals surface area contributed by atoms with Gasteiger partial charge in [-0.2, -0.15) is 0 Å². The number of fused-ring (bicyclic) bond motifs is 3. The molecule has 0 saturated heterocycles. The van der Waals surface area contributed by atoms with Gasteiger partial charge in [-0.3, -0.25) is 18.6 Å². The third-order valence-corrected chi connectivity index (χ3v) is 7.35. The number of hydrogen-bond acceptors (Lipinski definition) is 5. The molecule has 0 bridgehead atoms. The lowest BCUT2D eigenvalue weighted by Crippen LogP contribution is -2.30. The highest BCUT2D eigenvalue weighted by Gasteiger charge is 2.30. The lowest BCUT2D eigenvalue weighted by molar-refractivity contribution is -0.120. The molecule has 1 aliphatic rings. The van der Waals surface area contributed by atoms with E-state index in [0.717, 1.165) is 29.5 Å². The topological polar surface area (TPSA) is 81.3 Å². The molecule has 174 valence electrons. The molecule has 1 N–H and O–H groups in total. The molecule has 1 fully saturated rings. The van der Waals surface area contributed by atoms with E-state index in [1.807, 2.05) is 89.3 Å². The highest BCUT2D eigenvalue weighted by atomic mass is 32.2. The lowest BCUT2D eigenvalue weighted by Gasteiger charge is -2.17. The van der Waals surface area contributed by atoms with Gasteiger partial charge in [0.1, 0.15) is 5.25 Å². The fourth-order valence-electron chi connectivity index (χ4n) is 4.23. The zero-order valence-corrected chi connectivity index (χ0v) is 19.7. The van der Waals surface area contributed by atoms with Gasteiger partial charge in [-0.15, -0.1) is 10.2 Å². The van der Waals surface area contributed by atoms with Crippen LogP contribution in [0.4, 0.5) is 0 Å². The normalized spacial score (nSPS) is 14.3. The van der Waals surface area contributed by atoms with Crippen molar-refractivity contribution in [1.29, 1.82) is 0 Å². The highest BCUT2D eigenvalue weighted by Crippen LogP contribution is 2.36. The molecule has 0 spiro atoms. The van der Waals surface area contributed by atoms with Crippen molar-refractivity contribution in [2.45, 2.75) is 35.8 Å². The Balaban J connectivity index is 1.49. The van der Waals surface area contributed by atoms with Gasteiger partial charge in [0, 0.05) is 6.04 Å². The predicted octanol–water partition coefficient (Wildman–Crippen LogP) is 4.20. The van der Waals surface area contributed by atoms with Crippen LogP contribution in [0.2, 0.25) is 0 Å². The van der Waals surface area contributed by atoms with E-state index >= 15 is 0 Å².